The van der Waals surface area contributed by atoms with Crippen molar-refractivity contribution in [2.75, 3.05) is 20.8 Å². The van der Waals surface area contributed by atoms with Gasteiger partial charge in [0.05, 0.1) is 7.11 Å². The fraction of sp³-hybridized carbons (Fsp3) is 0.167. The summed E-state index contributed by atoms with van der Waals surface area (Å²) in [6, 6.07) is 21.0. The van der Waals surface area contributed by atoms with E-state index in [1.807, 2.05) is 24.3 Å². The number of hydrogen-bond donors (Lipinski definition) is 0. The molecule has 0 spiro atoms. The zero-order valence-corrected chi connectivity index (χ0v) is 17.6. The van der Waals surface area contributed by atoms with E-state index in [0.29, 0.717) is 28.4 Å². The maximum atomic E-state index is 12.5. The second kappa shape index (κ2) is 9.94. The van der Waals surface area contributed by atoms with E-state index in [1.165, 1.54) is 0 Å². The molecule has 0 saturated carbocycles. The summed E-state index contributed by atoms with van der Waals surface area (Å²) in [4.78, 5) is 26.4. The Morgan fingerprint density at radius 2 is 1.53 bits per heavy atom. The molecule has 0 bridgehead atoms. The summed E-state index contributed by atoms with van der Waals surface area (Å²) in [7, 11) is 3.33. The molecule has 3 rings (SSSR count). The molecular weight excluding hydrogens is 402 g/mol. The number of ketones is 1. The Labute approximate surface area is 180 Å². The lowest BCUT2D eigenvalue weighted by atomic mass is 10.0. The first-order chi connectivity index (χ1) is 14.5. The fourth-order valence-electron chi connectivity index (χ4n) is 2.86. The number of methoxy groups -OCH3 is 1. The lowest BCUT2D eigenvalue weighted by Gasteiger charge is -2.18. The lowest BCUT2D eigenvalue weighted by Crippen LogP contribution is -2.30. The van der Waals surface area contributed by atoms with Crippen LogP contribution in [0.25, 0.3) is 0 Å². The van der Waals surface area contributed by atoms with Gasteiger partial charge in [0, 0.05) is 29.7 Å². The van der Waals surface area contributed by atoms with E-state index in [1.54, 1.807) is 67.6 Å². The normalized spacial score (nSPS) is 10.4. The second-order valence-corrected chi connectivity index (χ2v) is 7.19. The number of rotatable bonds is 8. The number of hydrogen-bond acceptors (Lipinski definition) is 4. The van der Waals surface area contributed by atoms with Crippen LogP contribution in [-0.4, -0.2) is 37.4 Å². The number of benzene rings is 3. The summed E-state index contributed by atoms with van der Waals surface area (Å²) in [5.41, 5.74) is 2.06. The molecule has 1 amide bonds. The van der Waals surface area contributed by atoms with Crippen molar-refractivity contribution in [1.82, 2.24) is 4.90 Å². The summed E-state index contributed by atoms with van der Waals surface area (Å²) < 4.78 is 10.8. The van der Waals surface area contributed by atoms with Crippen molar-refractivity contribution in [3.63, 3.8) is 0 Å². The molecule has 0 heterocycles. The third-order valence-electron chi connectivity index (χ3n) is 4.56. The quantitative estimate of drug-likeness (QED) is 0.496. The van der Waals surface area contributed by atoms with Crippen molar-refractivity contribution < 1.29 is 19.1 Å². The number of amides is 1. The largest absolute Gasteiger partial charge is 0.497 e. The average molecular weight is 424 g/mol. The molecule has 154 valence electrons. The number of ether oxygens (including phenoxy) is 2. The highest BCUT2D eigenvalue weighted by Crippen LogP contribution is 2.18. The lowest BCUT2D eigenvalue weighted by molar-refractivity contribution is -0.132. The summed E-state index contributed by atoms with van der Waals surface area (Å²) in [5.74, 6) is 1.01. The van der Waals surface area contributed by atoms with E-state index in [4.69, 9.17) is 21.1 Å². The first kappa shape index (κ1) is 21.4. The van der Waals surface area contributed by atoms with E-state index in [2.05, 4.69) is 0 Å². The Hall–Kier alpha value is -3.31. The molecule has 0 atom stereocenters. The number of halogens is 1. The molecular formula is C24H22ClNO4. The summed E-state index contributed by atoms with van der Waals surface area (Å²) in [6.45, 7) is 0.360. The highest BCUT2D eigenvalue weighted by molar-refractivity contribution is 6.30. The van der Waals surface area contributed by atoms with Crippen LogP contribution < -0.4 is 9.47 Å². The topological polar surface area (TPSA) is 55.8 Å². The summed E-state index contributed by atoms with van der Waals surface area (Å²) in [6.07, 6.45) is 0. The zero-order chi connectivity index (χ0) is 21.5. The van der Waals surface area contributed by atoms with Gasteiger partial charge in [-0.25, -0.2) is 0 Å². The van der Waals surface area contributed by atoms with Gasteiger partial charge in [0.25, 0.3) is 5.91 Å². The predicted molar refractivity (Wildman–Crippen MR) is 116 cm³/mol. The molecule has 0 radical (unpaired) electrons. The van der Waals surface area contributed by atoms with E-state index in [9.17, 15) is 9.59 Å². The third kappa shape index (κ3) is 5.61. The fourth-order valence-corrected chi connectivity index (χ4v) is 2.98. The molecule has 0 fully saturated rings. The molecule has 3 aromatic carbocycles. The van der Waals surface area contributed by atoms with Gasteiger partial charge in [-0.05, 0) is 66.2 Å². The van der Waals surface area contributed by atoms with Crippen molar-refractivity contribution in [3.8, 4) is 11.5 Å². The van der Waals surface area contributed by atoms with Gasteiger partial charge in [-0.3, -0.25) is 9.59 Å². The Morgan fingerprint density at radius 3 is 2.17 bits per heavy atom. The van der Waals surface area contributed by atoms with E-state index < -0.39 is 0 Å². The average Bonchev–Trinajstić information content (AvgIpc) is 2.78. The van der Waals surface area contributed by atoms with Crippen molar-refractivity contribution in [2.24, 2.45) is 0 Å². The number of likely N-dealkylation sites (N-methyl/N-ethyl adjacent to an activating group) is 1. The van der Waals surface area contributed by atoms with Crippen LogP contribution in [0.1, 0.15) is 21.5 Å². The van der Waals surface area contributed by atoms with Crippen LogP contribution in [0.3, 0.4) is 0 Å². The minimum Gasteiger partial charge on any atom is -0.497 e. The van der Waals surface area contributed by atoms with E-state index >= 15 is 0 Å². The monoisotopic (exact) mass is 423 g/mol. The van der Waals surface area contributed by atoms with E-state index in [-0.39, 0.29) is 18.3 Å². The number of nitrogens with zero attached hydrogens (tertiary/aromatic N) is 1. The molecule has 0 N–H and O–H groups in total. The minimum absolute atomic E-state index is 0.0923. The molecule has 0 saturated heterocycles. The van der Waals surface area contributed by atoms with Gasteiger partial charge in [0.2, 0.25) is 0 Å². The Balaban J connectivity index is 1.54. The molecule has 0 aliphatic heterocycles. The van der Waals surface area contributed by atoms with E-state index in [0.717, 1.165) is 11.3 Å². The first-order valence-electron chi connectivity index (χ1n) is 9.36. The summed E-state index contributed by atoms with van der Waals surface area (Å²) >= 11 is 5.86. The van der Waals surface area contributed by atoms with Crippen LogP contribution >= 0.6 is 11.6 Å². The molecule has 3 aromatic rings. The van der Waals surface area contributed by atoms with Crippen LogP contribution in [0.5, 0.6) is 11.5 Å². The molecule has 30 heavy (non-hydrogen) atoms. The molecule has 0 aliphatic rings. The first-order valence-corrected chi connectivity index (χ1v) is 9.74. The molecule has 6 heteroatoms. The SMILES string of the molecule is COc1cccc(CN(C)C(=O)COc2ccc(C(=O)c3ccc(Cl)cc3)cc2)c1. The minimum atomic E-state index is -0.154. The van der Waals surface area contributed by atoms with Gasteiger partial charge in [0.15, 0.2) is 12.4 Å². The molecule has 0 aliphatic carbocycles. The van der Waals surface area contributed by atoms with Crippen LogP contribution in [-0.2, 0) is 11.3 Å². The van der Waals surface area contributed by atoms with Crippen LogP contribution in [0.15, 0.2) is 72.8 Å². The highest BCUT2D eigenvalue weighted by Gasteiger charge is 2.12. The number of carbonyl (C=O) groups excluding carboxylic acids is 2. The van der Waals surface area contributed by atoms with Crippen molar-refractivity contribution in [2.45, 2.75) is 6.54 Å². The maximum Gasteiger partial charge on any atom is 0.260 e. The molecule has 5 nitrogen and oxygen atoms in total. The standard InChI is InChI=1S/C24H22ClNO4/c1-26(15-17-4-3-5-22(14-17)29-2)23(27)16-30-21-12-8-19(9-13-21)24(28)18-6-10-20(25)11-7-18/h3-14H,15-16H2,1-2H3. The molecule has 0 unspecified atom stereocenters. The predicted octanol–water partition coefficient (Wildman–Crippen LogP) is 4.62. The second-order valence-electron chi connectivity index (χ2n) is 6.75. The zero-order valence-electron chi connectivity index (χ0n) is 16.8. The highest BCUT2D eigenvalue weighted by atomic mass is 35.5. The molecule has 0 aromatic heterocycles. The van der Waals surface area contributed by atoms with Crippen LogP contribution in [0.4, 0.5) is 0 Å². The van der Waals surface area contributed by atoms with Crippen molar-refractivity contribution in [3.05, 3.63) is 94.5 Å². The number of carbonyl (C=O) groups is 2. The van der Waals surface area contributed by atoms with Crippen molar-refractivity contribution in [1.29, 1.82) is 0 Å². The summed E-state index contributed by atoms with van der Waals surface area (Å²) in [5, 5.41) is 0.580. The van der Waals surface area contributed by atoms with Gasteiger partial charge >= 0.3 is 0 Å². The van der Waals surface area contributed by atoms with Crippen LogP contribution in [0, 0.1) is 0 Å². The van der Waals surface area contributed by atoms with Gasteiger partial charge in [0.1, 0.15) is 11.5 Å². The Bertz CT molecular complexity index is 1020. The Morgan fingerprint density at radius 1 is 0.900 bits per heavy atom. The van der Waals surface area contributed by atoms with Gasteiger partial charge in [-0.15, -0.1) is 0 Å². The van der Waals surface area contributed by atoms with Gasteiger partial charge in [-0.2, -0.15) is 0 Å². The smallest absolute Gasteiger partial charge is 0.260 e. The maximum absolute atomic E-state index is 12.5. The van der Waals surface area contributed by atoms with Gasteiger partial charge in [-0.1, -0.05) is 23.7 Å². The Kier molecular flexibility index (Phi) is 7.09. The third-order valence-corrected chi connectivity index (χ3v) is 4.82. The van der Waals surface area contributed by atoms with Crippen molar-refractivity contribution >= 4 is 23.3 Å². The van der Waals surface area contributed by atoms with Gasteiger partial charge < -0.3 is 14.4 Å². The van der Waals surface area contributed by atoms with Crippen LogP contribution in [0.2, 0.25) is 5.02 Å².